The van der Waals surface area contributed by atoms with Crippen LogP contribution in [0.5, 0.6) is 0 Å². The number of hydrogen-bond acceptors (Lipinski definition) is 1. The van der Waals surface area contributed by atoms with Gasteiger partial charge in [0.25, 0.3) is 0 Å². The van der Waals surface area contributed by atoms with E-state index < -0.39 is 0 Å². The van der Waals surface area contributed by atoms with Crippen LogP contribution in [0.3, 0.4) is 0 Å². The minimum Gasteiger partial charge on any atom is -0.299 e. The van der Waals surface area contributed by atoms with Gasteiger partial charge in [-0.05, 0) is 24.0 Å². The highest BCUT2D eigenvalue weighted by Gasteiger charge is 2.20. The Kier molecular flexibility index (Phi) is 2.61. The second kappa shape index (κ2) is 3.90. The molecule has 0 fully saturated rings. The highest BCUT2D eigenvalue weighted by atomic mass is 14.9. The average Bonchev–Trinajstić information content (AvgIpc) is 2.57. The first kappa shape index (κ1) is 9.36. The van der Waals surface area contributed by atoms with Crippen molar-refractivity contribution in [2.75, 3.05) is 6.54 Å². The number of aryl methyl sites for hydroxylation is 1. The van der Waals surface area contributed by atoms with Gasteiger partial charge in [0.15, 0.2) is 0 Å². The van der Waals surface area contributed by atoms with E-state index in [-0.39, 0.29) is 0 Å². The molecule has 1 aliphatic rings. The summed E-state index contributed by atoms with van der Waals surface area (Å²) < 4.78 is 0. The van der Waals surface area contributed by atoms with E-state index in [1.54, 1.807) is 0 Å². The molecule has 0 aromatic heterocycles. The fourth-order valence-electron chi connectivity index (χ4n) is 2.14. The molecule has 0 saturated heterocycles. The van der Waals surface area contributed by atoms with Gasteiger partial charge < -0.3 is 0 Å². The maximum absolute atomic E-state index is 5.24. The first-order valence-electron chi connectivity index (χ1n) is 5.07. The van der Waals surface area contributed by atoms with Crippen LogP contribution >= 0.6 is 0 Å². The number of hydrogen-bond donors (Lipinski definition) is 1. The number of rotatable bonds is 2. The van der Waals surface area contributed by atoms with Gasteiger partial charge in [-0.15, -0.1) is 6.42 Å². The predicted octanol–water partition coefficient (Wildman–Crippen LogP) is 0.155. The standard InChI is InChI=1S/C12H14BN/c1-2-7-14-12-6-3-9-8-10(13)4-5-11(9)12/h1,4-5,8,12,14H,3,6-7,13H2. The molecule has 0 saturated carbocycles. The van der Waals surface area contributed by atoms with Crippen molar-refractivity contribution in [1.29, 1.82) is 0 Å². The Morgan fingerprint density at radius 1 is 1.57 bits per heavy atom. The van der Waals surface area contributed by atoms with Crippen LogP contribution in [0.2, 0.25) is 0 Å². The van der Waals surface area contributed by atoms with Crippen molar-refractivity contribution in [3.63, 3.8) is 0 Å². The van der Waals surface area contributed by atoms with Gasteiger partial charge in [-0.1, -0.05) is 29.6 Å². The summed E-state index contributed by atoms with van der Waals surface area (Å²) in [7, 11) is 2.14. The molecule has 70 valence electrons. The third-order valence-electron chi connectivity index (χ3n) is 2.83. The summed E-state index contributed by atoms with van der Waals surface area (Å²) in [6.07, 6.45) is 7.60. The summed E-state index contributed by atoms with van der Waals surface area (Å²) >= 11 is 0. The molecule has 2 heteroatoms. The predicted molar refractivity (Wildman–Crippen MR) is 62.5 cm³/mol. The Bertz CT molecular complexity index is 378. The summed E-state index contributed by atoms with van der Waals surface area (Å²) in [6, 6.07) is 7.16. The van der Waals surface area contributed by atoms with Crippen molar-refractivity contribution in [2.24, 2.45) is 0 Å². The van der Waals surface area contributed by atoms with E-state index in [0.29, 0.717) is 12.6 Å². The van der Waals surface area contributed by atoms with Crippen LogP contribution in [0.25, 0.3) is 0 Å². The number of terminal acetylenes is 1. The summed E-state index contributed by atoms with van der Waals surface area (Å²) in [4.78, 5) is 0. The van der Waals surface area contributed by atoms with Gasteiger partial charge in [-0.3, -0.25) is 5.32 Å². The largest absolute Gasteiger partial charge is 0.299 e. The molecule has 1 aliphatic carbocycles. The molecule has 0 radical (unpaired) electrons. The van der Waals surface area contributed by atoms with Crippen LogP contribution in [-0.4, -0.2) is 14.4 Å². The Morgan fingerprint density at radius 2 is 2.43 bits per heavy atom. The molecule has 0 spiro atoms. The van der Waals surface area contributed by atoms with Crippen molar-refractivity contribution < 1.29 is 0 Å². The quantitative estimate of drug-likeness (QED) is 0.508. The van der Waals surface area contributed by atoms with Gasteiger partial charge >= 0.3 is 0 Å². The molecule has 0 bridgehead atoms. The molecule has 1 unspecified atom stereocenters. The van der Waals surface area contributed by atoms with E-state index in [4.69, 9.17) is 6.42 Å². The smallest absolute Gasteiger partial charge is 0.139 e. The normalized spacial score (nSPS) is 18.9. The van der Waals surface area contributed by atoms with E-state index in [0.717, 1.165) is 0 Å². The molecule has 1 aromatic carbocycles. The fourth-order valence-corrected chi connectivity index (χ4v) is 2.14. The first-order chi connectivity index (χ1) is 6.81. The van der Waals surface area contributed by atoms with Gasteiger partial charge in [-0.2, -0.15) is 0 Å². The molecule has 1 atom stereocenters. The maximum atomic E-state index is 5.24. The second-order valence-electron chi connectivity index (χ2n) is 3.88. The van der Waals surface area contributed by atoms with Crippen molar-refractivity contribution in [2.45, 2.75) is 18.9 Å². The molecule has 0 aliphatic heterocycles. The van der Waals surface area contributed by atoms with Crippen molar-refractivity contribution >= 4 is 13.3 Å². The minimum absolute atomic E-state index is 0.474. The molecular formula is C12H14BN. The zero-order chi connectivity index (χ0) is 9.97. The monoisotopic (exact) mass is 183 g/mol. The molecule has 14 heavy (non-hydrogen) atoms. The summed E-state index contributed by atoms with van der Waals surface area (Å²) in [5, 5.41) is 3.37. The molecule has 0 heterocycles. The Hall–Kier alpha value is -1.20. The molecule has 0 amide bonds. The average molecular weight is 183 g/mol. The van der Waals surface area contributed by atoms with Gasteiger partial charge in [0.2, 0.25) is 0 Å². The van der Waals surface area contributed by atoms with Gasteiger partial charge in [0, 0.05) is 6.04 Å². The molecular weight excluding hydrogens is 169 g/mol. The number of nitrogens with one attached hydrogen (secondary N) is 1. The molecule has 2 rings (SSSR count). The highest BCUT2D eigenvalue weighted by molar-refractivity contribution is 6.32. The topological polar surface area (TPSA) is 12.0 Å². The van der Waals surface area contributed by atoms with Crippen LogP contribution in [-0.2, 0) is 6.42 Å². The third-order valence-corrected chi connectivity index (χ3v) is 2.83. The van der Waals surface area contributed by atoms with E-state index >= 15 is 0 Å². The van der Waals surface area contributed by atoms with Crippen LogP contribution in [0.1, 0.15) is 23.6 Å². The Morgan fingerprint density at radius 3 is 3.21 bits per heavy atom. The van der Waals surface area contributed by atoms with Crippen LogP contribution in [0.4, 0.5) is 0 Å². The van der Waals surface area contributed by atoms with E-state index in [1.807, 2.05) is 0 Å². The summed E-state index contributed by atoms with van der Waals surface area (Å²) in [5.41, 5.74) is 4.27. The number of fused-ring (bicyclic) bond motifs is 1. The van der Waals surface area contributed by atoms with E-state index in [2.05, 4.69) is 37.3 Å². The minimum atomic E-state index is 0.474. The third kappa shape index (κ3) is 1.69. The van der Waals surface area contributed by atoms with Crippen LogP contribution in [0.15, 0.2) is 18.2 Å². The first-order valence-corrected chi connectivity index (χ1v) is 5.07. The lowest BCUT2D eigenvalue weighted by Crippen LogP contribution is -2.19. The second-order valence-corrected chi connectivity index (χ2v) is 3.88. The lowest BCUT2D eigenvalue weighted by atomic mass is 9.92. The lowest BCUT2D eigenvalue weighted by Gasteiger charge is -2.11. The molecule has 1 nitrogen and oxygen atoms in total. The SMILES string of the molecule is Bc1ccc2c(c1)CCC2NCC#C. The summed E-state index contributed by atoms with van der Waals surface area (Å²) in [5.74, 6) is 2.63. The Labute approximate surface area is 86.3 Å². The zero-order valence-electron chi connectivity index (χ0n) is 8.51. The highest BCUT2D eigenvalue weighted by Crippen LogP contribution is 2.29. The van der Waals surface area contributed by atoms with E-state index in [9.17, 15) is 0 Å². The van der Waals surface area contributed by atoms with Crippen molar-refractivity contribution in [3.05, 3.63) is 29.3 Å². The van der Waals surface area contributed by atoms with E-state index in [1.165, 1.54) is 29.4 Å². The van der Waals surface area contributed by atoms with Gasteiger partial charge in [0.05, 0.1) is 6.54 Å². The van der Waals surface area contributed by atoms with Gasteiger partial charge in [-0.25, -0.2) is 0 Å². The van der Waals surface area contributed by atoms with Crippen molar-refractivity contribution in [1.82, 2.24) is 5.32 Å². The zero-order valence-corrected chi connectivity index (χ0v) is 8.51. The summed E-state index contributed by atoms with van der Waals surface area (Å²) in [6.45, 7) is 0.665. The van der Waals surface area contributed by atoms with Crippen molar-refractivity contribution in [3.8, 4) is 12.3 Å². The fraction of sp³-hybridized carbons (Fsp3) is 0.333. The number of benzene rings is 1. The van der Waals surface area contributed by atoms with Crippen LogP contribution < -0.4 is 10.8 Å². The Balaban J connectivity index is 2.19. The molecule has 1 N–H and O–H groups in total. The van der Waals surface area contributed by atoms with Crippen LogP contribution in [0, 0.1) is 12.3 Å². The maximum Gasteiger partial charge on any atom is 0.139 e. The van der Waals surface area contributed by atoms with Gasteiger partial charge in [0.1, 0.15) is 7.85 Å². The lowest BCUT2D eigenvalue weighted by molar-refractivity contribution is 0.568. The molecule has 1 aromatic rings.